The van der Waals surface area contributed by atoms with E-state index in [2.05, 4.69) is 0 Å². The highest BCUT2D eigenvalue weighted by Gasteiger charge is 2.36. The summed E-state index contributed by atoms with van der Waals surface area (Å²) in [5.41, 5.74) is -0.738. The second kappa shape index (κ2) is 9.05. The number of rotatable bonds is 5. The normalized spacial score (nSPS) is 15.7. The largest absolute Gasteiger partial charge is 0.493 e. The SMILES string of the molecule is CCOc1ccccc1C(=O)N1CCN(S(=O)(=O)c2cc(C(F)(F)F)ccc2Cl)CC1. The van der Waals surface area contributed by atoms with E-state index in [-0.39, 0.29) is 37.1 Å². The first kappa shape index (κ1) is 23.4. The highest BCUT2D eigenvalue weighted by Crippen LogP contribution is 2.34. The molecule has 1 aliphatic heterocycles. The van der Waals surface area contributed by atoms with Crippen LogP contribution in [0.4, 0.5) is 13.2 Å². The number of benzene rings is 2. The number of amides is 1. The summed E-state index contributed by atoms with van der Waals surface area (Å²) in [7, 11) is -4.27. The van der Waals surface area contributed by atoms with Gasteiger partial charge in [0.15, 0.2) is 0 Å². The van der Waals surface area contributed by atoms with Gasteiger partial charge in [-0.1, -0.05) is 23.7 Å². The van der Waals surface area contributed by atoms with E-state index in [4.69, 9.17) is 16.3 Å². The number of sulfonamides is 1. The third-order valence-corrected chi connectivity index (χ3v) is 7.20. The summed E-state index contributed by atoms with van der Waals surface area (Å²) in [4.78, 5) is 13.7. The zero-order valence-electron chi connectivity index (χ0n) is 16.5. The number of piperazine rings is 1. The lowest BCUT2D eigenvalue weighted by molar-refractivity contribution is -0.137. The molecule has 6 nitrogen and oxygen atoms in total. The Morgan fingerprint density at radius 3 is 2.35 bits per heavy atom. The van der Waals surface area contributed by atoms with E-state index in [1.807, 2.05) is 0 Å². The Morgan fingerprint density at radius 2 is 1.74 bits per heavy atom. The molecule has 0 saturated carbocycles. The van der Waals surface area contributed by atoms with E-state index in [0.717, 1.165) is 16.4 Å². The van der Waals surface area contributed by atoms with Crippen LogP contribution >= 0.6 is 11.6 Å². The van der Waals surface area contributed by atoms with Crippen LogP contribution in [0.1, 0.15) is 22.8 Å². The van der Waals surface area contributed by atoms with Crippen LogP contribution in [0.15, 0.2) is 47.4 Å². The molecule has 0 radical (unpaired) electrons. The van der Waals surface area contributed by atoms with Gasteiger partial charge in [0, 0.05) is 26.2 Å². The van der Waals surface area contributed by atoms with Crippen molar-refractivity contribution in [3.63, 3.8) is 0 Å². The number of hydrogen-bond acceptors (Lipinski definition) is 4. The number of ether oxygens (including phenoxy) is 1. The first-order chi connectivity index (χ1) is 14.6. The molecule has 0 unspecified atom stereocenters. The van der Waals surface area contributed by atoms with Gasteiger partial charge in [-0.05, 0) is 37.3 Å². The minimum absolute atomic E-state index is 0.0720. The van der Waals surface area contributed by atoms with Crippen LogP contribution < -0.4 is 4.74 Å². The van der Waals surface area contributed by atoms with Gasteiger partial charge >= 0.3 is 6.18 Å². The Balaban J connectivity index is 1.77. The van der Waals surface area contributed by atoms with Crippen molar-refractivity contribution in [3.8, 4) is 5.75 Å². The van der Waals surface area contributed by atoms with Crippen molar-refractivity contribution in [2.24, 2.45) is 0 Å². The molecule has 0 aliphatic carbocycles. The van der Waals surface area contributed by atoms with Crippen LogP contribution in [0.3, 0.4) is 0 Å². The summed E-state index contributed by atoms with van der Waals surface area (Å²) in [5, 5.41) is -0.294. The van der Waals surface area contributed by atoms with Gasteiger partial charge in [-0.15, -0.1) is 0 Å². The highest BCUT2D eigenvalue weighted by molar-refractivity contribution is 7.89. The van der Waals surface area contributed by atoms with E-state index in [1.54, 1.807) is 31.2 Å². The van der Waals surface area contributed by atoms with Gasteiger partial charge in [0.2, 0.25) is 10.0 Å². The fraction of sp³-hybridized carbons (Fsp3) is 0.350. The molecule has 1 saturated heterocycles. The Morgan fingerprint density at radius 1 is 1.10 bits per heavy atom. The molecule has 2 aromatic carbocycles. The fourth-order valence-corrected chi connectivity index (χ4v) is 5.17. The molecule has 1 amide bonds. The van der Waals surface area contributed by atoms with Gasteiger partial charge in [-0.2, -0.15) is 17.5 Å². The molecule has 0 atom stereocenters. The van der Waals surface area contributed by atoms with Gasteiger partial charge in [0.05, 0.1) is 22.8 Å². The van der Waals surface area contributed by atoms with Crippen molar-refractivity contribution in [2.45, 2.75) is 18.0 Å². The summed E-state index contributed by atoms with van der Waals surface area (Å²) in [5.74, 6) is 0.124. The average molecular weight is 477 g/mol. The summed E-state index contributed by atoms with van der Waals surface area (Å²) >= 11 is 5.90. The number of para-hydroxylation sites is 1. The minimum atomic E-state index is -4.70. The Labute approximate surface area is 183 Å². The quantitative estimate of drug-likeness (QED) is 0.656. The zero-order valence-corrected chi connectivity index (χ0v) is 18.1. The summed E-state index contributed by atoms with van der Waals surface area (Å²) in [6.07, 6.45) is -4.70. The lowest BCUT2D eigenvalue weighted by Gasteiger charge is -2.34. The van der Waals surface area contributed by atoms with Crippen molar-refractivity contribution in [2.75, 3.05) is 32.8 Å². The number of halogens is 4. The monoisotopic (exact) mass is 476 g/mol. The maximum atomic E-state index is 13.0. The molecule has 1 heterocycles. The van der Waals surface area contributed by atoms with Gasteiger partial charge in [0.1, 0.15) is 10.6 Å². The summed E-state index contributed by atoms with van der Waals surface area (Å²) in [6.45, 7) is 2.19. The second-order valence-corrected chi connectivity index (χ2v) is 9.08. The molecule has 1 fully saturated rings. The maximum Gasteiger partial charge on any atom is 0.416 e. The molecule has 0 N–H and O–H groups in total. The van der Waals surface area contributed by atoms with Crippen LogP contribution in [0.25, 0.3) is 0 Å². The molecule has 0 bridgehead atoms. The highest BCUT2D eigenvalue weighted by atomic mass is 35.5. The van der Waals surface area contributed by atoms with E-state index in [1.165, 1.54) is 4.90 Å². The lowest BCUT2D eigenvalue weighted by Crippen LogP contribution is -2.50. The Bertz CT molecular complexity index is 1070. The number of carbonyl (C=O) groups excluding carboxylic acids is 1. The van der Waals surface area contributed by atoms with Gasteiger partial charge < -0.3 is 9.64 Å². The van der Waals surface area contributed by atoms with Crippen molar-refractivity contribution in [1.82, 2.24) is 9.21 Å². The van der Waals surface area contributed by atoms with Gasteiger partial charge in [-0.25, -0.2) is 8.42 Å². The van der Waals surface area contributed by atoms with Gasteiger partial charge in [-0.3, -0.25) is 4.79 Å². The topological polar surface area (TPSA) is 66.9 Å². The number of carbonyl (C=O) groups is 1. The molecule has 3 rings (SSSR count). The molecule has 11 heteroatoms. The molecule has 168 valence electrons. The van der Waals surface area contributed by atoms with Crippen LogP contribution in [-0.4, -0.2) is 56.3 Å². The van der Waals surface area contributed by atoms with Crippen LogP contribution in [-0.2, 0) is 16.2 Å². The smallest absolute Gasteiger partial charge is 0.416 e. The van der Waals surface area contributed by atoms with E-state index >= 15 is 0 Å². The number of hydrogen-bond donors (Lipinski definition) is 0. The minimum Gasteiger partial charge on any atom is -0.493 e. The third-order valence-electron chi connectivity index (χ3n) is 4.82. The molecule has 0 spiro atoms. The summed E-state index contributed by atoms with van der Waals surface area (Å²) < 4.78 is 71.4. The zero-order chi connectivity index (χ0) is 22.8. The van der Waals surface area contributed by atoms with Crippen LogP contribution in [0.5, 0.6) is 5.75 Å². The maximum absolute atomic E-state index is 13.0. The van der Waals surface area contributed by atoms with E-state index in [0.29, 0.717) is 24.0 Å². The van der Waals surface area contributed by atoms with Crippen molar-refractivity contribution < 1.29 is 31.1 Å². The molecule has 31 heavy (non-hydrogen) atoms. The Kier molecular flexibility index (Phi) is 6.82. The number of alkyl halides is 3. The van der Waals surface area contributed by atoms with E-state index in [9.17, 15) is 26.4 Å². The summed E-state index contributed by atoms with van der Waals surface area (Å²) in [6, 6.07) is 8.92. The molecule has 1 aliphatic rings. The average Bonchev–Trinajstić information content (AvgIpc) is 2.73. The standard InChI is InChI=1S/C20H20ClF3N2O4S/c1-2-30-17-6-4-3-5-15(17)19(27)25-9-11-26(12-10-25)31(28,29)18-13-14(20(22,23)24)7-8-16(18)21/h3-8,13H,2,9-12H2,1H3. The van der Waals surface area contributed by atoms with Crippen molar-refractivity contribution in [1.29, 1.82) is 0 Å². The molecule has 2 aromatic rings. The van der Waals surface area contributed by atoms with Gasteiger partial charge in [0.25, 0.3) is 5.91 Å². The molecule has 0 aromatic heterocycles. The van der Waals surface area contributed by atoms with Crippen molar-refractivity contribution in [3.05, 3.63) is 58.6 Å². The first-order valence-corrected chi connectivity index (χ1v) is 11.3. The second-order valence-electron chi connectivity index (χ2n) is 6.77. The Hall–Kier alpha value is -2.30. The van der Waals surface area contributed by atoms with Crippen LogP contribution in [0.2, 0.25) is 5.02 Å². The van der Waals surface area contributed by atoms with Crippen molar-refractivity contribution >= 4 is 27.5 Å². The molecular formula is C20H20ClF3N2O4S. The lowest BCUT2D eigenvalue weighted by atomic mass is 10.1. The first-order valence-electron chi connectivity index (χ1n) is 9.43. The predicted molar refractivity (Wildman–Crippen MR) is 109 cm³/mol. The fourth-order valence-electron chi connectivity index (χ4n) is 3.24. The third kappa shape index (κ3) is 4.97. The van der Waals surface area contributed by atoms with Crippen LogP contribution in [0, 0.1) is 0 Å². The number of nitrogens with zero attached hydrogens (tertiary/aromatic N) is 2. The predicted octanol–water partition coefficient (Wildman–Crippen LogP) is 3.90. The van der Waals surface area contributed by atoms with E-state index < -0.39 is 26.7 Å². The molecular weight excluding hydrogens is 457 g/mol.